The maximum atomic E-state index is 5.98. The summed E-state index contributed by atoms with van der Waals surface area (Å²) in [6.07, 6.45) is 3.46. The molecule has 3 aromatic rings. The number of hydrogen-bond acceptors (Lipinski definition) is 5. The Labute approximate surface area is 152 Å². The molecule has 25 heavy (non-hydrogen) atoms. The molecular formula is C19H19ClN4O. The number of aromatic nitrogens is 3. The van der Waals surface area contributed by atoms with E-state index in [0.717, 1.165) is 16.8 Å². The maximum absolute atomic E-state index is 5.98. The Bertz CT molecular complexity index is 823. The number of hydrogen-bond donors (Lipinski definition) is 1. The summed E-state index contributed by atoms with van der Waals surface area (Å²) in [7, 11) is 0. The second-order valence-electron chi connectivity index (χ2n) is 6.02. The highest BCUT2D eigenvalue weighted by molar-refractivity contribution is 6.30. The van der Waals surface area contributed by atoms with E-state index in [4.69, 9.17) is 16.4 Å². The van der Waals surface area contributed by atoms with Crippen molar-refractivity contribution >= 4 is 17.4 Å². The summed E-state index contributed by atoms with van der Waals surface area (Å²) in [5.41, 5.74) is 5.48. The second kappa shape index (κ2) is 8.05. The lowest BCUT2D eigenvalue weighted by Gasteiger charge is -2.11. The summed E-state index contributed by atoms with van der Waals surface area (Å²) < 4.78 is 0. The van der Waals surface area contributed by atoms with Crippen LogP contribution in [0.25, 0.3) is 22.6 Å². The van der Waals surface area contributed by atoms with Crippen molar-refractivity contribution in [1.29, 1.82) is 0 Å². The highest BCUT2D eigenvalue weighted by atomic mass is 35.5. The molecule has 1 aromatic carbocycles. The molecule has 3 rings (SSSR count). The van der Waals surface area contributed by atoms with Gasteiger partial charge in [0.1, 0.15) is 0 Å². The topological polar surface area (TPSA) is 59.9 Å². The largest absolute Gasteiger partial charge is 0.274 e. The molecule has 0 amide bonds. The van der Waals surface area contributed by atoms with Gasteiger partial charge in [0, 0.05) is 34.6 Å². The van der Waals surface area contributed by atoms with E-state index in [2.05, 4.69) is 34.3 Å². The van der Waals surface area contributed by atoms with E-state index in [1.807, 2.05) is 42.5 Å². The van der Waals surface area contributed by atoms with E-state index in [9.17, 15) is 0 Å². The van der Waals surface area contributed by atoms with Gasteiger partial charge in [0.25, 0.3) is 0 Å². The number of anilines is 1. The van der Waals surface area contributed by atoms with Crippen molar-refractivity contribution in [1.82, 2.24) is 15.0 Å². The summed E-state index contributed by atoms with van der Waals surface area (Å²) in [6, 6.07) is 13.2. The number of pyridine rings is 1. The summed E-state index contributed by atoms with van der Waals surface area (Å²) in [5, 5.41) is 0.684. The summed E-state index contributed by atoms with van der Waals surface area (Å²) in [6.45, 7) is 4.76. The molecule has 1 N–H and O–H groups in total. The predicted molar refractivity (Wildman–Crippen MR) is 100 cm³/mol. The fourth-order valence-corrected chi connectivity index (χ4v) is 2.30. The van der Waals surface area contributed by atoms with Crippen LogP contribution in [0.2, 0.25) is 5.02 Å². The van der Waals surface area contributed by atoms with Gasteiger partial charge in [-0.15, -0.1) is 0 Å². The molecule has 0 aliphatic carbocycles. The lowest BCUT2D eigenvalue weighted by Crippen LogP contribution is -2.09. The molecule has 0 atom stereocenters. The van der Waals surface area contributed by atoms with Gasteiger partial charge in [-0.1, -0.05) is 37.6 Å². The van der Waals surface area contributed by atoms with Gasteiger partial charge in [-0.2, -0.15) is 0 Å². The average molecular weight is 355 g/mol. The van der Waals surface area contributed by atoms with Gasteiger partial charge in [0.05, 0.1) is 12.3 Å². The van der Waals surface area contributed by atoms with Crippen LogP contribution in [0.5, 0.6) is 0 Å². The minimum Gasteiger partial charge on any atom is -0.274 e. The summed E-state index contributed by atoms with van der Waals surface area (Å²) >= 11 is 5.98. The first-order valence-corrected chi connectivity index (χ1v) is 8.43. The van der Waals surface area contributed by atoms with Crippen LogP contribution >= 0.6 is 11.6 Å². The van der Waals surface area contributed by atoms with Gasteiger partial charge >= 0.3 is 0 Å². The van der Waals surface area contributed by atoms with E-state index >= 15 is 0 Å². The van der Waals surface area contributed by atoms with Gasteiger partial charge in [-0.3, -0.25) is 9.82 Å². The Morgan fingerprint density at radius 3 is 2.56 bits per heavy atom. The third-order valence-corrected chi connectivity index (χ3v) is 3.63. The standard InChI is InChI=1S/C19H19ClN4O/c1-13(2)12-25-24-18-10-17(14-5-7-16(20)8-6-14)22-19(23-18)15-4-3-9-21-11-15/h3-11,13H,12H2,1-2H3,(H,22,23,24). The third-order valence-electron chi connectivity index (χ3n) is 3.38. The van der Waals surface area contributed by atoms with E-state index in [1.54, 1.807) is 12.4 Å². The molecule has 0 saturated carbocycles. The highest BCUT2D eigenvalue weighted by Crippen LogP contribution is 2.25. The van der Waals surface area contributed by atoms with Crippen LogP contribution < -0.4 is 5.48 Å². The third kappa shape index (κ3) is 4.75. The SMILES string of the molecule is CC(C)CONc1cc(-c2ccc(Cl)cc2)nc(-c2cccnc2)n1. The molecule has 0 radical (unpaired) electrons. The molecule has 2 heterocycles. The number of nitrogens with zero attached hydrogens (tertiary/aromatic N) is 3. The molecule has 0 aliphatic rings. The summed E-state index contributed by atoms with van der Waals surface area (Å²) in [4.78, 5) is 18.8. The monoisotopic (exact) mass is 354 g/mol. The number of nitrogens with one attached hydrogen (secondary N) is 1. The van der Waals surface area contributed by atoms with Crippen molar-refractivity contribution < 1.29 is 4.84 Å². The van der Waals surface area contributed by atoms with Gasteiger partial charge in [0.15, 0.2) is 11.6 Å². The first-order chi connectivity index (χ1) is 12.1. The van der Waals surface area contributed by atoms with Gasteiger partial charge in [0.2, 0.25) is 0 Å². The number of halogens is 1. The zero-order valence-corrected chi connectivity index (χ0v) is 14.9. The highest BCUT2D eigenvalue weighted by Gasteiger charge is 2.09. The normalized spacial score (nSPS) is 10.9. The maximum Gasteiger partial charge on any atom is 0.163 e. The van der Waals surface area contributed by atoms with Crippen LogP contribution in [-0.2, 0) is 4.84 Å². The van der Waals surface area contributed by atoms with Crippen LogP contribution in [0, 0.1) is 5.92 Å². The molecule has 0 aliphatic heterocycles. The minimum absolute atomic E-state index is 0.419. The van der Waals surface area contributed by atoms with Crippen molar-refractivity contribution in [2.75, 3.05) is 12.1 Å². The Morgan fingerprint density at radius 2 is 1.88 bits per heavy atom. The van der Waals surface area contributed by atoms with E-state index in [-0.39, 0.29) is 0 Å². The molecule has 0 unspecified atom stereocenters. The van der Waals surface area contributed by atoms with Crippen LogP contribution in [0.1, 0.15) is 13.8 Å². The number of benzene rings is 1. The minimum atomic E-state index is 0.419. The first-order valence-electron chi connectivity index (χ1n) is 8.05. The first kappa shape index (κ1) is 17.3. The predicted octanol–water partition coefficient (Wildman–Crippen LogP) is 4.86. The molecule has 0 bridgehead atoms. The van der Waals surface area contributed by atoms with E-state index in [0.29, 0.717) is 29.2 Å². The van der Waals surface area contributed by atoms with Crippen LogP contribution in [0.15, 0.2) is 54.9 Å². The molecule has 2 aromatic heterocycles. The zero-order chi connectivity index (χ0) is 17.6. The lowest BCUT2D eigenvalue weighted by molar-refractivity contribution is 0.161. The van der Waals surface area contributed by atoms with Crippen LogP contribution in [0.3, 0.4) is 0 Å². The van der Waals surface area contributed by atoms with Gasteiger partial charge in [-0.25, -0.2) is 15.4 Å². The molecule has 5 nitrogen and oxygen atoms in total. The zero-order valence-electron chi connectivity index (χ0n) is 14.1. The fraction of sp³-hybridized carbons (Fsp3) is 0.211. The molecule has 6 heteroatoms. The van der Waals surface area contributed by atoms with Gasteiger partial charge < -0.3 is 0 Å². The molecule has 0 spiro atoms. The molecule has 0 fully saturated rings. The Kier molecular flexibility index (Phi) is 5.58. The van der Waals surface area contributed by atoms with E-state index in [1.165, 1.54) is 0 Å². The Morgan fingerprint density at radius 1 is 1.08 bits per heavy atom. The fourth-order valence-electron chi connectivity index (χ4n) is 2.17. The van der Waals surface area contributed by atoms with Crippen LogP contribution in [-0.4, -0.2) is 21.6 Å². The van der Waals surface area contributed by atoms with E-state index < -0.39 is 0 Å². The van der Waals surface area contributed by atoms with Crippen molar-refractivity contribution in [2.24, 2.45) is 5.92 Å². The van der Waals surface area contributed by atoms with Crippen molar-refractivity contribution in [3.8, 4) is 22.6 Å². The second-order valence-corrected chi connectivity index (χ2v) is 6.45. The average Bonchev–Trinajstić information content (AvgIpc) is 2.62. The molecular weight excluding hydrogens is 336 g/mol. The van der Waals surface area contributed by atoms with Crippen molar-refractivity contribution in [3.05, 3.63) is 59.9 Å². The summed E-state index contributed by atoms with van der Waals surface area (Å²) in [5.74, 6) is 1.60. The quantitative estimate of drug-likeness (QED) is 0.640. The smallest absolute Gasteiger partial charge is 0.163 e. The number of rotatable bonds is 6. The van der Waals surface area contributed by atoms with Crippen molar-refractivity contribution in [3.63, 3.8) is 0 Å². The molecule has 0 saturated heterocycles. The molecule has 128 valence electrons. The van der Waals surface area contributed by atoms with Crippen molar-refractivity contribution in [2.45, 2.75) is 13.8 Å². The lowest BCUT2D eigenvalue weighted by atomic mass is 10.1. The Hall–Kier alpha value is -2.50. The Balaban J connectivity index is 1.97. The van der Waals surface area contributed by atoms with Gasteiger partial charge in [-0.05, 0) is 30.2 Å². The van der Waals surface area contributed by atoms with Crippen LogP contribution in [0.4, 0.5) is 5.82 Å².